The van der Waals surface area contributed by atoms with Crippen molar-refractivity contribution in [1.82, 2.24) is 31.6 Å². The number of anilines is 1. The Labute approximate surface area is 306 Å². The molecule has 2 heterocycles. The van der Waals surface area contributed by atoms with Crippen molar-refractivity contribution in [2.24, 2.45) is 5.92 Å². The van der Waals surface area contributed by atoms with Crippen molar-refractivity contribution in [1.29, 1.82) is 0 Å². The van der Waals surface area contributed by atoms with Gasteiger partial charge in [0.1, 0.15) is 12.6 Å². The molecule has 14 heteroatoms. The topological polar surface area (TPSA) is 171 Å². The molecule has 0 aliphatic carbocycles. The maximum atomic E-state index is 13.9. The number of carbonyl (C=O) groups is 5. The quantitative estimate of drug-likeness (QED) is 0.146. The molecular weight excluding hydrogens is 718 g/mol. The smallest absolute Gasteiger partial charge is 0.414 e. The molecule has 0 radical (unpaired) electrons. The number of aromatic nitrogens is 1. The summed E-state index contributed by atoms with van der Waals surface area (Å²) in [5.74, 6) is -1.66. The number of ether oxygens (including phenoxy) is 1. The van der Waals surface area contributed by atoms with Crippen molar-refractivity contribution in [3.63, 3.8) is 0 Å². The first-order chi connectivity index (χ1) is 24.4. The van der Waals surface area contributed by atoms with E-state index in [1.165, 1.54) is 11.0 Å². The van der Waals surface area contributed by atoms with E-state index in [2.05, 4.69) is 47.5 Å². The molecule has 272 valence electrons. The molecule has 1 aliphatic heterocycles. The van der Waals surface area contributed by atoms with Crippen molar-refractivity contribution in [2.45, 2.75) is 65.2 Å². The Hall–Kier alpha value is -4.82. The molecule has 0 saturated carbocycles. The number of benzene rings is 2. The number of nitrogens with one attached hydrogen (secondary N) is 5. The maximum absolute atomic E-state index is 13.9. The van der Waals surface area contributed by atoms with Crippen LogP contribution in [0.15, 0.2) is 71.3 Å². The summed E-state index contributed by atoms with van der Waals surface area (Å²) >= 11 is 3.42. The van der Waals surface area contributed by atoms with Crippen LogP contribution >= 0.6 is 15.9 Å². The standard InChI is InChI=1S/C37H46BrN7O6/c1-6-39-36(49)32(22(2)3)44-33(46)24(5)41-21-30(20-29-9-7-8-14-40-29)43-35(48)27-17-26(18-31(19-27)45-15-16-51-37(45)50)34(47)42-23(4)25-10-12-28(38)13-11-25/h7-14,17-19,22-24,30,32,41H,6,15-16,20-21H2,1-5H3,(H,39,49)(H,42,47)(H,43,48)(H,44,46)/t23-,24+,30+,32+/m1/s1. The van der Waals surface area contributed by atoms with Gasteiger partial charge in [0.25, 0.3) is 11.8 Å². The molecule has 4 atom stereocenters. The van der Waals surface area contributed by atoms with Gasteiger partial charge in [-0.2, -0.15) is 0 Å². The summed E-state index contributed by atoms with van der Waals surface area (Å²) in [6.07, 6.45) is 1.42. The van der Waals surface area contributed by atoms with Crippen molar-refractivity contribution in [3.05, 3.63) is 93.7 Å². The zero-order valence-corrected chi connectivity index (χ0v) is 31.1. The first-order valence-electron chi connectivity index (χ1n) is 17.0. The lowest BCUT2D eigenvalue weighted by molar-refractivity contribution is -0.130. The second-order valence-corrected chi connectivity index (χ2v) is 13.6. The highest BCUT2D eigenvalue weighted by Crippen LogP contribution is 2.24. The highest BCUT2D eigenvalue weighted by Gasteiger charge is 2.28. The number of nitrogens with zero attached hydrogens (tertiary/aromatic N) is 2. The van der Waals surface area contributed by atoms with E-state index in [0.29, 0.717) is 24.3 Å². The fourth-order valence-electron chi connectivity index (χ4n) is 5.50. The first-order valence-corrected chi connectivity index (χ1v) is 17.8. The van der Waals surface area contributed by atoms with Gasteiger partial charge in [-0.25, -0.2) is 4.79 Å². The molecule has 3 aromatic rings. The second kappa shape index (κ2) is 18.4. The molecule has 0 spiro atoms. The fourth-order valence-corrected chi connectivity index (χ4v) is 5.76. The van der Waals surface area contributed by atoms with E-state index >= 15 is 0 Å². The van der Waals surface area contributed by atoms with Crippen LogP contribution in [-0.2, 0) is 20.7 Å². The number of halogens is 1. The highest BCUT2D eigenvalue weighted by molar-refractivity contribution is 9.10. The molecule has 1 aliphatic rings. The number of pyridine rings is 1. The van der Waals surface area contributed by atoms with E-state index in [1.807, 2.05) is 64.1 Å². The molecule has 5 N–H and O–H groups in total. The fraction of sp³-hybridized carbons (Fsp3) is 0.405. The molecule has 51 heavy (non-hydrogen) atoms. The van der Waals surface area contributed by atoms with Gasteiger partial charge >= 0.3 is 6.09 Å². The van der Waals surface area contributed by atoms with Gasteiger partial charge in [0.2, 0.25) is 11.8 Å². The van der Waals surface area contributed by atoms with Gasteiger partial charge in [-0.1, -0.05) is 48.0 Å². The normalized spacial score (nSPS) is 15.0. The summed E-state index contributed by atoms with van der Waals surface area (Å²) in [6.45, 7) is 10.1. The first kappa shape index (κ1) is 39.0. The second-order valence-electron chi connectivity index (χ2n) is 12.7. The molecule has 1 aromatic heterocycles. The van der Waals surface area contributed by atoms with Crippen LogP contribution in [0.1, 0.15) is 72.6 Å². The highest BCUT2D eigenvalue weighted by atomic mass is 79.9. The molecule has 0 bridgehead atoms. The van der Waals surface area contributed by atoms with Gasteiger partial charge in [-0.15, -0.1) is 0 Å². The van der Waals surface area contributed by atoms with Crippen LogP contribution in [-0.4, -0.2) is 79.1 Å². The number of hydrogen-bond donors (Lipinski definition) is 5. The Kier molecular flexibility index (Phi) is 14.1. The molecule has 1 saturated heterocycles. The summed E-state index contributed by atoms with van der Waals surface area (Å²) in [5, 5.41) is 14.8. The molecule has 13 nitrogen and oxygen atoms in total. The third-order valence-corrected chi connectivity index (χ3v) is 8.94. The van der Waals surface area contributed by atoms with E-state index in [1.54, 1.807) is 31.3 Å². The van der Waals surface area contributed by atoms with Crippen LogP contribution in [0.3, 0.4) is 0 Å². The number of hydrogen-bond acceptors (Lipinski definition) is 8. The van der Waals surface area contributed by atoms with Crippen LogP contribution < -0.4 is 31.5 Å². The van der Waals surface area contributed by atoms with Gasteiger partial charge in [-0.3, -0.25) is 29.1 Å². The Morgan fingerprint density at radius 2 is 1.59 bits per heavy atom. The van der Waals surface area contributed by atoms with Crippen molar-refractivity contribution >= 4 is 51.3 Å². The number of carbonyl (C=O) groups excluding carboxylic acids is 5. The average molecular weight is 765 g/mol. The summed E-state index contributed by atoms with van der Waals surface area (Å²) in [6, 6.07) is 15.4. The van der Waals surface area contributed by atoms with Crippen molar-refractivity contribution in [2.75, 3.05) is 31.1 Å². The lowest BCUT2D eigenvalue weighted by Gasteiger charge is -2.25. The van der Waals surface area contributed by atoms with Crippen LogP contribution in [0.4, 0.5) is 10.5 Å². The molecule has 4 rings (SSSR count). The molecule has 5 amide bonds. The minimum Gasteiger partial charge on any atom is -0.447 e. The van der Waals surface area contributed by atoms with Crippen molar-refractivity contribution in [3.8, 4) is 0 Å². The van der Waals surface area contributed by atoms with E-state index in [9.17, 15) is 24.0 Å². The lowest BCUT2D eigenvalue weighted by atomic mass is 10.0. The number of rotatable bonds is 16. The lowest BCUT2D eigenvalue weighted by Crippen LogP contribution is -2.55. The number of likely N-dealkylation sites (N-methyl/N-ethyl adjacent to an activating group) is 1. The van der Waals surface area contributed by atoms with Gasteiger partial charge in [0.15, 0.2) is 0 Å². The van der Waals surface area contributed by atoms with Crippen molar-refractivity contribution < 1.29 is 28.7 Å². The maximum Gasteiger partial charge on any atom is 0.414 e. The SMILES string of the molecule is CCNC(=O)[C@@H](NC(=O)[C@H](C)NC[C@H](Cc1ccccn1)NC(=O)c1cc(C(=O)N[C@H](C)c2ccc(Br)cc2)cc(N2CCOC2=O)c1)C(C)C. The minimum absolute atomic E-state index is 0.127. The largest absolute Gasteiger partial charge is 0.447 e. The zero-order chi connectivity index (χ0) is 37.1. The van der Waals surface area contributed by atoms with Crippen LogP contribution in [0.5, 0.6) is 0 Å². The minimum atomic E-state index is -0.699. The Bertz CT molecular complexity index is 1690. The Morgan fingerprint density at radius 1 is 0.902 bits per heavy atom. The Morgan fingerprint density at radius 3 is 2.18 bits per heavy atom. The number of cyclic esters (lactones) is 1. The summed E-state index contributed by atoms with van der Waals surface area (Å²) < 4.78 is 6.04. The van der Waals surface area contributed by atoms with Crippen LogP contribution in [0.25, 0.3) is 0 Å². The summed E-state index contributed by atoms with van der Waals surface area (Å²) in [4.78, 5) is 71.4. The van der Waals surface area contributed by atoms with Gasteiger partial charge in [0, 0.05) is 58.7 Å². The monoisotopic (exact) mass is 763 g/mol. The van der Waals surface area contributed by atoms with Gasteiger partial charge in [-0.05, 0) is 74.7 Å². The predicted octanol–water partition coefficient (Wildman–Crippen LogP) is 3.89. The van der Waals surface area contributed by atoms with Crippen LogP contribution in [0, 0.1) is 5.92 Å². The van der Waals surface area contributed by atoms with Gasteiger partial charge < -0.3 is 31.3 Å². The third kappa shape index (κ3) is 11.1. The van der Waals surface area contributed by atoms with E-state index in [4.69, 9.17) is 4.74 Å². The van der Waals surface area contributed by atoms with Crippen LogP contribution in [0.2, 0.25) is 0 Å². The third-order valence-electron chi connectivity index (χ3n) is 8.41. The molecular formula is C37H46BrN7O6. The summed E-state index contributed by atoms with van der Waals surface area (Å²) in [7, 11) is 0. The summed E-state index contributed by atoms with van der Waals surface area (Å²) in [5.41, 5.74) is 2.31. The average Bonchev–Trinajstić information content (AvgIpc) is 3.55. The number of amides is 5. The molecule has 0 unspecified atom stereocenters. The zero-order valence-electron chi connectivity index (χ0n) is 29.5. The molecule has 2 aromatic carbocycles. The van der Waals surface area contributed by atoms with E-state index < -0.39 is 36.0 Å². The van der Waals surface area contributed by atoms with E-state index in [0.717, 1.165) is 10.0 Å². The molecule has 1 fully saturated rings. The van der Waals surface area contributed by atoms with Gasteiger partial charge in [0.05, 0.1) is 18.6 Å². The predicted molar refractivity (Wildman–Crippen MR) is 197 cm³/mol. The van der Waals surface area contributed by atoms with E-state index in [-0.39, 0.29) is 54.6 Å². The Balaban J connectivity index is 1.54.